The Morgan fingerprint density at radius 2 is 2.28 bits per heavy atom. The predicted octanol–water partition coefficient (Wildman–Crippen LogP) is 4.05. The predicted molar refractivity (Wildman–Crippen MR) is 75.1 cm³/mol. The second-order valence-corrected chi connectivity index (χ2v) is 6.31. The minimum atomic E-state index is -0.246. The van der Waals surface area contributed by atoms with E-state index in [2.05, 4.69) is 20.9 Å². The molecule has 0 fully saturated rings. The molecule has 2 aromatic rings. The Labute approximate surface area is 117 Å². The van der Waals surface area contributed by atoms with Gasteiger partial charge in [0.05, 0.1) is 11.3 Å². The summed E-state index contributed by atoms with van der Waals surface area (Å²) in [5, 5.41) is 0.724. The van der Waals surface area contributed by atoms with E-state index < -0.39 is 0 Å². The number of nitrogens with two attached hydrogens (primary N) is 1. The van der Waals surface area contributed by atoms with Crippen LogP contribution in [0.5, 0.6) is 0 Å². The van der Waals surface area contributed by atoms with Crippen LogP contribution in [0.25, 0.3) is 10.6 Å². The average Bonchev–Trinajstić information content (AvgIpc) is 2.74. The third kappa shape index (κ3) is 2.00. The van der Waals surface area contributed by atoms with Crippen LogP contribution in [-0.4, -0.2) is 4.98 Å². The molecule has 0 saturated carbocycles. The van der Waals surface area contributed by atoms with Crippen LogP contribution in [0.4, 0.5) is 4.39 Å². The van der Waals surface area contributed by atoms with E-state index in [0.29, 0.717) is 5.56 Å². The molecule has 2 N–H and O–H groups in total. The number of fused-ring (bicyclic) bond motifs is 1. The van der Waals surface area contributed by atoms with Gasteiger partial charge in [-0.3, -0.25) is 0 Å². The molecule has 0 saturated heterocycles. The van der Waals surface area contributed by atoms with Crippen molar-refractivity contribution in [3.63, 3.8) is 0 Å². The van der Waals surface area contributed by atoms with Crippen molar-refractivity contribution in [2.24, 2.45) is 5.73 Å². The van der Waals surface area contributed by atoms with Crippen LogP contribution in [-0.2, 0) is 6.42 Å². The zero-order chi connectivity index (χ0) is 12.7. The molecule has 5 heteroatoms. The second kappa shape index (κ2) is 4.72. The van der Waals surface area contributed by atoms with Crippen LogP contribution in [0.3, 0.4) is 0 Å². The quantitative estimate of drug-likeness (QED) is 0.858. The maximum atomic E-state index is 13.9. The van der Waals surface area contributed by atoms with Crippen molar-refractivity contribution >= 4 is 27.3 Å². The highest BCUT2D eigenvalue weighted by molar-refractivity contribution is 9.10. The number of halogens is 2. The Morgan fingerprint density at radius 1 is 1.44 bits per heavy atom. The van der Waals surface area contributed by atoms with Crippen molar-refractivity contribution in [3.05, 3.63) is 39.1 Å². The first-order chi connectivity index (χ1) is 8.66. The monoisotopic (exact) mass is 326 g/mol. The molecular weight excluding hydrogens is 315 g/mol. The lowest BCUT2D eigenvalue weighted by molar-refractivity contribution is 0.573. The van der Waals surface area contributed by atoms with Crippen LogP contribution >= 0.6 is 27.3 Å². The molecule has 0 aliphatic heterocycles. The normalized spacial score (nSPS) is 18.7. The van der Waals surface area contributed by atoms with Gasteiger partial charge in [0.2, 0.25) is 0 Å². The standard InChI is InChI=1S/C13H12BrFN2S/c14-7-3-1-4-8(15)11(7)13-17-10-6-2-5-9(16)12(10)18-13/h1,3-4,9H,2,5-6,16H2. The van der Waals surface area contributed by atoms with E-state index in [-0.39, 0.29) is 11.9 Å². The van der Waals surface area contributed by atoms with Gasteiger partial charge in [-0.1, -0.05) is 6.07 Å². The lowest BCUT2D eigenvalue weighted by atomic mass is 9.99. The van der Waals surface area contributed by atoms with Crippen molar-refractivity contribution in [2.75, 3.05) is 0 Å². The fraction of sp³-hybridized carbons (Fsp3) is 0.308. The number of hydrogen-bond donors (Lipinski definition) is 1. The van der Waals surface area contributed by atoms with E-state index in [1.165, 1.54) is 17.4 Å². The molecule has 1 aliphatic rings. The fourth-order valence-electron chi connectivity index (χ4n) is 2.26. The summed E-state index contributed by atoms with van der Waals surface area (Å²) in [6.45, 7) is 0. The van der Waals surface area contributed by atoms with Gasteiger partial charge in [-0.25, -0.2) is 9.37 Å². The van der Waals surface area contributed by atoms with Gasteiger partial charge in [-0.15, -0.1) is 11.3 Å². The maximum Gasteiger partial charge on any atom is 0.134 e. The minimum absolute atomic E-state index is 0.0607. The Kier molecular flexibility index (Phi) is 3.21. The Morgan fingerprint density at radius 3 is 3.00 bits per heavy atom. The first-order valence-electron chi connectivity index (χ1n) is 5.86. The molecule has 1 aliphatic carbocycles. The molecule has 0 bridgehead atoms. The van der Waals surface area contributed by atoms with Crippen LogP contribution < -0.4 is 5.73 Å². The topological polar surface area (TPSA) is 38.9 Å². The van der Waals surface area contributed by atoms with E-state index in [9.17, 15) is 4.39 Å². The molecule has 18 heavy (non-hydrogen) atoms. The van der Waals surface area contributed by atoms with Gasteiger partial charge in [0.25, 0.3) is 0 Å². The highest BCUT2D eigenvalue weighted by Crippen LogP contribution is 2.39. The van der Waals surface area contributed by atoms with Gasteiger partial charge in [-0.05, 0) is 47.3 Å². The SMILES string of the molecule is NC1CCCc2nc(-c3c(F)cccc3Br)sc21. The van der Waals surface area contributed by atoms with E-state index in [0.717, 1.165) is 39.3 Å². The largest absolute Gasteiger partial charge is 0.323 e. The highest BCUT2D eigenvalue weighted by atomic mass is 79.9. The van der Waals surface area contributed by atoms with Crippen LogP contribution in [0.15, 0.2) is 22.7 Å². The average molecular weight is 327 g/mol. The molecule has 0 amide bonds. The van der Waals surface area contributed by atoms with Gasteiger partial charge in [-0.2, -0.15) is 0 Å². The van der Waals surface area contributed by atoms with Crippen molar-refractivity contribution in [2.45, 2.75) is 25.3 Å². The molecule has 1 aromatic heterocycles. The fourth-order valence-corrected chi connectivity index (χ4v) is 4.13. The van der Waals surface area contributed by atoms with E-state index >= 15 is 0 Å². The van der Waals surface area contributed by atoms with Crippen LogP contribution in [0, 0.1) is 5.82 Å². The number of hydrogen-bond acceptors (Lipinski definition) is 3. The molecule has 0 radical (unpaired) electrons. The summed E-state index contributed by atoms with van der Waals surface area (Å²) in [5.41, 5.74) is 7.67. The summed E-state index contributed by atoms with van der Waals surface area (Å²) >= 11 is 4.91. The summed E-state index contributed by atoms with van der Waals surface area (Å²) in [4.78, 5) is 5.68. The summed E-state index contributed by atoms with van der Waals surface area (Å²) in [6.07, 6.45) is 3.01. The summed E-state index contributed by atoms with van der Waals surface area (Å²) in [5.74, 6) is -0.246. The number of thiazole rings is 1. The first-order valence-corrected chi connectivity index (χ1v) is 7.47. The number of aryl methyl sites for hydroxylation is 1. The summed E-state index contributed by atoms with van der Waals surface area (Å²) < 4.78 is 14.6. The molecule has 2 nitrogen and oxygen atoms in total. The van der Waals surface area contributed by atoms with Crippen molar-refractivity contribution in [1.29, 1.82) is 0 Å². The van der Waals surface area contributed by atoms with Crippen LogP contribution in [0.1, 0.15) is 29.5 Å². The Hall–Kier alpha value is -0.780. The molecular formula is C13H12BrFN2S. The van der Waals surface area contributed by atoms with E-state index in [4.69, 9.17) is 5.73 Å². The molecule has 1 heterocycles. The van der Waals surface area contributed by atoms with E-state index in [1.54, 1.807) is 6.07 Å². The second-order valence-electron chi connectivity index (χ2n) is 4.43. The zero-order valence-corrected chi connectivity index (χ0v) is 12.0. The van der Waals surface area contributed by atoms with Gasteiger partial charge in [0.15, 0.2) is 0 Å². The highest BCUT2D eigenvalue weighted by Gasteiger charge is 2.23. The number of nitrogens with zero attached hydrogens (tertiary/aromatic N) is 1. The van der Waals surface area contributed by atoms with Crippen LogP contribution in [0.2, 0.25) is 0 Å². The van der Waals surface area contributed by atoms with Crippen molar-refractivity contribution in [3.8, 4) is 10.6 Å². The number of aromatic nitrogens is 1. The molecule has 0 spiro atoms. The lowest BCUT2D eigenvalue weighted by Gasteiger charge is -2.15. The zero-order valence-electron chi connectivity index (χ0n) is 9.62. The minimum Gasteiger partial charge on any atom is -0.323 e. The molecule has 1 atom stereocenters. The van der Waals surface area contributed by atoms with Gasteiger partial charge in [0.1, 0.15) is 10.8 Å². The Balaban J connectivity index is 2.13. The molecule has 3 rings (SSSR count). The van der Waals surface area contributed by atoms with E-state index in [1.807, 2.05) is 6.07 Å². The first kappa shape index (κ1) is 12.3. The third-order valence-electron chi connectivity index (χ3n) is 3.17. The Bertz CT molecular complexity index is 576. The third-order valence-corrected chi connectivity index (χ3v) is 5.08. The van der Waals surface area contributed by atoms with Gasteiger partial charge >= 0.3 is 0 Å². The lowest BCUT2D eigenvalue weighted by Crippen LogP contribution is -2.15. The number of rotatable bonds is 1. The summed E-state index contributed by atoms with van der Waals surface area (Å²) in [7, 11) is 0. The maximum absolute atomic E-state index is 13.9. The summed E-state index contributed by atoms with van der Waals surface area (Å²) in [6, 6.07) is 5.03. The smallest absolute Gasteiger partial charge is 0.134 e. The molecule has 1 aromatic carbocycles. The van der Waals surface area contributed by atoms with Gasteiger partial charge in [0, 0.05) is 15.4 Å². The number of benzene rings is 1. The molecule has 1 unspecified atom stereocenters. The molecule has 94 valence electrons. The van der Waals surface area contributed by atoms with Crippen molar-refractivity contribution < 1.29 is 4.39 Å². The van der Waals surface area contributed by atoms with Crippen molar-refractivity contribution in [1.82, 2.24) is 4.98 Å². The van der Waals surface area contributed by atoms with Gasteiger partial charge < -0.3 is 5.73 Å².